The molecule has 40 heavy (non-hydrogen) atoms. The smallest absolute Gasteiger partial charge is 0.355 e. The van der Waals surface area contributed by atoms with E-state index in [1.807, 2.05) is 0 Å². The Morgan fingerprint density at radius 1 is 1.27 bits per heavy atom. The average molecular weight is 613 g/mol. The number of nitrogens with zero attached hydrogens (tertiary/aromatic N) is 8. The first-order valence-corrected chi connectivity index (χ1v) is 13.8. The van der Waals surface area contributed by atoms with Crippen LogP contribution in [0.1, 0.15) is 5.69 Å². The third-order valence-corrected chi connectivity index (χ3v) is 8.38. The second-order valence-corrected chi connectivity index (χ2v) is 10.7. The predicted octanol–water partition coefficient (Wildman–Crippen LogP) is -1.32. The van der Waals surface area contributed by atoms with Gasteiger partial charge in [-0.2, -0.15) is 0 Å². The van der Waals surface area contributed by atoms with Crippen molar-refractivity contribution in [2.24, 2.45) is 10.3 Å². The molecule has 4 rings (SSSR count). The summed E-state index contributed by atoms with van der Waals surface area (Å²) in [7, 11) is 2.44. The molecule has 0 saturated carbocycles. The molecule has 1 fully saturated rings. The number of aliphatic carboxylic acids is 2. The molecule has 0 bridgehead atoms. The van der Waals surface area contributed by atoms with Gasteiger partial charge in [-0.05, 0) is 16.0 Å². The number of carbonyl (C=O) groups excluding carboxylic acids is 2. The fraction of sp³-hybridized carbons (Fsp3) is 0.368. The monoisotopic (exact) mass is 612 g/mol. The van der Waals surface area contributed by atoms with Crippen LogP contribution in [0, 0.1) is 0 Å². The van der Waals surface area contributed by atoms with Gasteiger partial charge in [-0.1, -0.05) is 22.1 Å². The van der Waals surface area contributed by atoms with Crippen molar-refractivity contribution < 1.29 is 39.1 Å². The number of thiazole rings is 1. The van der Waals surface area contributed by atoms with Gasteiger partial charge in [0.2, 0.25) is 5.16 Å². The van der Waals surface area contributed by atoms with Crippen LogP contribution in [0.4, 0.5) is 5.13 Å². The number of oxime groups is 2. The van der Waals surface area contributed by atoms with Crippen molar-refractivity contribution in [3.63, 3.8) is 0 Å². The Bertz CT molecular complexity index is 1440. The van der Waals surface area contributed by atoms with Crippen molar-refractivity contribution in [2.75, 3.05) is 31.5 Å². The number of hydrogen-bond donors (Lipinski definition) is 4. The lowest BCUT2D eigenvalue weighted by Gasteiger charge is -2.49. The Labute approximate surface area is 236 Å². The van der Waals surface area contributed by atoms with Gasteiger partial charge in [0.1, 0.15) is 37.0 Å². The number of tetrazole rings is 1. The van der Waals surface area contributed by atoms with Gasteiger partial charge in [0.15, 0.2) is 16.6 Å². The molecule has 5 N–H and O–H groups in total. The fourth-order valence-electron chi connectivity index (χ4n) is 3.63. The number of hydrogen-bond acceptors (Lipinski definition) is 16. The molecule has 18 nitrogen and oxygen atoms in total. The largest absolute Gasteiger partial charge is 0.477 e. The number of aromatic nitrogens is 5. The van der Waals surface area contributed by atoms with Crippen molar-refractivity contribution in [3.05, 3.63) is 22.3 Å². The molecule has 1 saturated heterocycles. The number of amides is 2. The third kappa shape index (κ3) is 5.84. The molecule has 2 aromatic rings. The molecule has 212 valence electrons. The topological polar surface area (TPSA) is 250 Å². The van der Waals surface area contributed by atoms with E-state index in [4.69, 9.17) is 10.6 Å². The van der Waals surface area contributed by atoms with Crippen LogP contribution in [0.3, 0.4) is 0 Å². The van der Waals surface area contributed by atoms with E-state index in [9.17, 15) is 29.4 Å². The third-order valence-electron chi connectivity index (χ3n) is 5.32. The van der Waals surface area contributed by atoms with E-state index in [0.29, 0.717) is 5.57 Å². The average Bonchev–Trinajstić information content (AvgIpc) is 3.56. The Balaban J connectivity index is 1.47. The molecule has 2 aliphatic rings. The SMILES string of the molecule is CON=C(Cn1nnnc1SCC1=C(C(=O)O)N2C(=O)C(NC(=O)C(=NOC)c3csc(N)n3)[C@H]2SC1)C(=O)O. The van der Waals surface area contributed by atoms with E-state index in [0.717, 1.165) is 28.0 Å². The van der Waals surface area contributed by atoms with Gasteiger partial charge >= 0.3 is 11.9 Å². The summed E-state index contributed by atoms with van der Waals surface area (Å²) in [6.45, 7) is -0.298. The van der Waals surface area contributed by atoms with Gasteiger partial charge in [0.25, 0.3) is 11.8 Å². The standard InChI is InChI=1S/C19H20N10O8S3/c1-36-24-8(16(32)33)3-28-19(23-26-27-28)40-5-7-4-38-15-11(14(31)29(15)12(7)17(34)35)22-13(30)10(25-37-2)9-6-39-18(20)21-9/h6,11,15H,3-5H2,1-2H3,(H2,20,21)(H,22,30)(H,32,33)(H,34,35)/t11?,15-/m1/s1. The second-order valence-electron chi connectivity index (χ2n) is 7.75. The van der Waals surface area contributed by atoms with Gasteiger partial charge in [0.05, 0.1) is 6.54 Å². The van der Waals surface area contributed by atoms with Crippen molar-refractivity contribution in [1.29, 1.82) is 0 Å². The summed E-state index contributed by atoms with van der Waals surface area (Å²) in [5, 5.41) is 41.2. The maximum Gasteiger partial charge on any atom is 0.355 e. The summed E-state index contributed by atoms with van der Waals surface area (Å²) >= 11 is 3.41. The highest BCUT2D eigenvalue weighted by Crippen LogP contribution is 2.41. The first-order chi connectivity index (χ1) is 19.2. The van der Waals surface area contributed by atoms with Crippen LogP contribution in [-0.4, -0.2) is 113 Å². The molecule has 2 atom stereocenters. The van der Waals surface area contributed by atoms with Crippen LogP contribution in [0.5, 0.6) is 0 Å². The lowest BCUT2D eigenvalue weighted by Crippen LogP contribution is -2.71. The van der Waals surface area contributed by atoms with Crippen molar-refractivity contribution in [3.8, 4) is 0 Å². The van der Waals surface area contributed by atoms with E-state index >= 15 is 0 Å². The van der Waals surface area contributed by atoms with Crippen molar-refractivity contribution in [2.45, 2.75) is 23.1 Å². The molecule has 0 spiro atoms. The van der Waals surface area contributed by atoms with Crippen LogP contribution in [0.15, 0.2) is 32.1 Å². The summed E-state index contributed by atoms with van der Waals surface area (Å²) in [6, 6.07) is -1.01. The molecule has 4 heterocycles. The number of carboxylic acid groups (broad SMARTS) is 2. The number of thioether (sulfide) groups is 2. The molecule has 2 aromatic heterocycles. The number of fused-ring (bicyclic) bond motifs is 1. The number of carboxylic acids is 2. The number of anilines is 1. The Kier molecular flexibility index (Phi) is 8.84. The summed E-state index contributed by atoms with van der Waals surface area (Å²) < 4.78 is 1.17. The molecule has 0 aromatic carbocycles. The molecule has 0 radical (unpaired) electrons. The minimum absolute atomic E-state index is 0.0856. The van der Waals surface area contributed by atoms with E-state index in [1.165, 1.54) is 36.0 Å². The number of carbonyl (C=O) groups is 4. The number of β-lactam (4-membered cyclic amide) rings is 1. The highest BCUT2D eigenvalue weighted by molar-refractivity contribution is 8.01. The van der Waals surface area contributed by atoms with Gasteiger partial charge < -0.3 is 30.9 Å². The lowest BCUT2D eigenvalue weighted by molar-refractivity contribution is -0.150. The summed E-state index contributed by atoms with van der Waals surface area (Å²) in [5.74, 6) is -3.69. The molecule has 0 aliphatic carbocycles. The van der Waals surface area contributed by atoms with Gasteiger partial charge in [0, 0.05) is 16.9 Å². The number of nitrogen functional groups attached to an aromatic ring is 1. The quantitative estimate of drug-likeness (QED) is 0.0939. The molecular weight excluding hydrogens is 592 g/mol. The second kappa shape index (κ2) is 12.3. The molecule has 2 aliphatic heterocycles. The number of nitrogens with one attached hydrogen (secondary N) is 1. The zero-order chi connectivity index (χ0) is 29.0. The zero-order valence-electron chi connectivity index (χ0n) is 20.6. The summed E-state index contributed by atoms with van der Waals surface area (Å²) in [4.78, 5) is 63.8. The Hall–Kier alpha value is -4.24. The summed E-state index contributed by atoms with van der Waals surface area (Å²) in [5.41, 5.74) is 5.46. The summed E-state index contributed by atoms with van der Waals surface area (Å²) in [6.07, 6.45) is 0. The highest BCUT2D eigenvalue weighted by atomic mass is 32.2. The molecular formula is C19H20N10O8S3. The van der Waals surface area contributed by atoms with Gasteiger partial charge in [-0.15, -0.1) is 28.2 Å². The minimum atomic E-state index is -1.33. The predicted molar refractivity (Wildman–Crippen MR) is 140 cm³/mol. The maximum absolute atomic E-state index is 13.0. The van der Waals surface area contributed by atoms with E-state index in [-0.39, 0.29) is 51.2 Å². The van der Waals surface area contributed by atoms with Gasteiger partial charge in [-0.3, -0.25) is 14.5 Å². The highest BCUT2D eigenvalue weighted by Gasteiger charge is 2.54. The normalized spacial score (nSPS) is 19.1. The van der Waals surface area contributed by atoms with E-state index in [2.05, 4.69) is 41.0 Å². The molecule has 21 heteroatoms. The van der Waals surface area contributed by atoms with E-state index in [1.54, 1.807) is 0 Å². The first kappa shape index (κ1) is 28.8. The Morgan fingerprint density at radius 2 is 2.02 bits per heavy atom. The van der Waals surface area contributed by atoms with Crippen LogP contribution in [0.2, 0.25) is 0 Å². The maximum atomic E-state index is 13.0. The Morgan fingerprint density at radius 3 is 2.65 bits per heavy atom. The first-order valence-electron chi connectivity index (χ1n) is 10.9. The lowest BCUT2D eigenvalue weighted by atomic mass is 10.0. The van der Waals surface area contributed by atoms with Crippen LogP contribution >= 0.6 is 34.9 Å². The van der Waals surface area contributed by atoms with E-state index < -0.39 is 35.2 Å². The minimum Gasteiger partial charge on any atom is -0.477 e. The van der Waals surface area contributed by atoms with Crippen LogP contribution in [0.25, 0.3) is 0 Å². The fourth-order valence-corrected chi connectivity index (χ4v) is 6.54. The van der Waals surface area contributed by atoms with Crippen molar-refractivity contribution >= 4 is 75.2 Å². The van der Waals surface area contributed by atoms with Crippen LogP contribution < -0.4 is 11.1 Å². The van der Waals surface area contributed by atoms with Gasteiger partial charge in [-0.25, -0.2) is 19.3 Å². The van der Waals surface area contributed by atoms with Crippen LogP contribution in [-0.2, 0) is 35.4 Å². The number of rotatable bonds is 12. The molecule has 2 amide bonds. The number of nitrogens with two attached hydrogens (primary N) is 1. The zero-order valence-corrected chi connectivity index (χ0v) is 23.0. The van der Waals surface area contributed by atoms with Crippen molar-refractivity contribution in [1.82, 2.24) is 35.4 Å². The molecule has 1 unspecified atom stereocenters.